The van der Waals surface area contributed by atoms with Crippen LogP contribution in [-0.4, -0.2) is 56.4 Å². The molecule has 0 heterocycles. The van der Waals surface area contributed by atoms with Gasteiger partial charge in [0, 0.05) is 20.1 Å². The molecular weight excluding hydrogens is 276 g/mol. The number of phenols is 1. The molecule has 1 rings (SSSR count). The molecule has 0 unspecified atom stereocenters. The van der Waals surface area contributed by atoms with Gasteiger partial charge in [0.1, 0.15) is 0 Å². The molecule has 7 nitrogen and oxygen atoms in total. The van der Waals surface area contributed by atoms with Crippen LogP contribution >= 0.6 is 0 Å². The van der Waals surface area contributed by atoms with E-state index < -0.39 is 12.0 Å². The van der Waals surface area contributed by atoms with Crippen molar-refractivity contribution in [2.75, 3.05) is 34.4 Å². The number of nitrogens with one attached hydrogen (secondary N) is 1. The molecule has 0 aliphatic heterocycles. The van der Waals surface area contributed by atoms with Crippen molar-refractivity contribution in [3.63, 3.8) is 0 Å². The van der Waals surface area contributed by atoms with Gasteiger partial charge in [-0.25, -0.2) is 4.79 Å². The second-order valence-corrected chi connectivity index (χ2v) is 4.36. The van der Waals surface area contributed by atoms with Crippen molar-refractivity contribution in [2.24, 2.45) is 0 Å². The fourth-order valence-electron chi connectivity index (χ4n) is 1.73. The molecule has 0 radical (unpaired) electrons. The van der Waals surface area contributed by atoms with Gasteiger partial charge in [-0.05, 0) is 18.6 Å². The lowest BCUT2D eigenvalue weighted by molar-refractivity contribution is 0.0948. The van der Waals surface area contributed by atoms with E-state index in [0.717, 1.165) is 0 Å². The summed E-state index contributed by atoms with van der Waals surface area (Å²) in [4.78, 5) is 24.5. The highest BCUT2D eigenvalue weighted by atomic mass is 16.5. The van der Waals surface area contributed by atoms with Crippen LogP contribution in [0.2, 0.25) is 0 Å². The summed E-state index contributed by atoms with van der Waals surface area (Å²) in [7, 11) is 4.34. The number of ether oxygens (including phenoxy) is 2. The van der Waals surface area contributed by atoms with E-state index >= 15 is 0 Å². The topological polar surface area (TPSA) is 88.1 Å². The Kier molecular flexibility index (Phi) is 6.32. The second kappa shape index (κ2) is 7.98. The van der Waals surface area contributed by atoms with Crippen molar-refractivity contribution in [2.45, 2.75) is 6.42 Å². The lowest BCUT2D eigenvalue weighted by Crippen LogP contribution is -2.31. The van der Waals surface area contributed by atoms with Crippen LogP contribution in [0.4, 0.5) is 4.79 Å². The predicted octanol–water partition coefficient (Wildman–Crippen LogP) is 1.22. The van der Waals surface area contributed by atoms with Crippen molar-refractivity contribution in [1.82, 2.24) is 10.2 Å². The highest BCUT2D eigenvalue weighted by molar-refractivity contribution is 5.97. The summed E-state index contributed by atoms with van der Waals surface area (Å²) in [6.45, 7) is 0.827. The van der Waals surface area contributed by atoms with E-state index in [2.05, 4.69) is 10.1 Å². The number of hydrogen-bond donors (Lipinski definition) is 2. The van der Waals surface area contributed by atoms with E-state index in [1.165, 1.54) is 25.2 Å². The van der Waals surface area contributed by atoms with Crippen molar-refractivity contribution < 1.29 is 24.2 Å². The van der Waals surface area contributed by atoms with Gasteiger partial charge in [0.05, 0.1) is 19.8 Å². The van der Waals surface area contributed by atoms with Crippen LogP contribution in [0, 0.1) is 0 Å². The van der Waals surface area contributed by atoms with E-state index in [9.17, 15) is 14.7 Å². The van der Waals surface area contributed by atoms with Gasteiger partial charge >= 0.3 is 6.09 Å². The molecular formula is C14H20N2O5. The van der Waals surface area contributed by atoms with Gasteiger partial charge in [-0.15, -0.1) is 0 Å². The monoisotopic (exact) mass is 296 g/mol. The van der Waals surface area contributed by atoms with Gasteiger partial charge in [-0.2, -0.15) is 0 Å². The lowest BCUT2D eigenvalue weighted by Gasteiger charge is -2.15. The first kappa shape index (κ1) is 16.6. The molecule has 0 spiro atoms. The van der Waals surface area contributed by atoms with Crippen molar-refractivity contribution in [3.8, 4) is 11.5 Å². The third-order valence-electron chi connectivity index (χ3n) is 2.91. The second-order valence-electron chi connectivity index (χ2n) is 4.36. The fraction of sp³-hybridized carbons (Fsp3) is 0.429. The molecule has 1 aromatic carbocycles. The highest BCUT2D eigenvalue weighted by Crippen LogP contribution is 2.29. The summed E-state index contributed by atoms with van der Waals surface area (Å²) < 4.78 is 9.50. The molecule has 0 atom stereocenters. The summed E-state index contributed by atoms with van der Waals surface area (Å²) in [5.74, 6) is -0.343. The average Bonchev–Trinajstić information content (AvgIpc) is 2.50. The van der Waals surface area contributed by atoms with Crippen molar-refractivity contribution >= 4 is 12.0 Å². The zero-order chi connectivity index (χ0) is 15.8. The maximum atomic E-state index is 11.9. The summed E-state index contributed by atoms with van der Waals surface area (Å²) in [6.07, 6.45) is 0.147. The Morgan fingerprint density at radius 1 is 1.33 bits per heavy atom. The number of para-hydroxylation sites is 1. The number of rotatable bonds is 6. The van der Waals surface area contributed by atoms with Crippen LogP contribution in [0.25, 0.3) is 0 Å². The standard InChI is InChI=1S/C14H20N2O5/c1-16(14(19)21-3)9-5-8-15-13(18)10-6-4-7-11(20-2)12(10)17/h4,6-7,17H,5,8-9H2,1-3H3,(H,15,18). The van der Waals surface area contributed by atoms with E-state index in [1.54, 1.807) is 19.2 Å². The maximum Gasteiger partial charge on any atom is 0.409 e. The van der Waals surface area contributed by atoms with Crippen LogP contribution in [0.15, 0.2) is 18.2 Å². The Morgan fingerprint density at radius 3 is 2.67 bits per heavy atom. The molecule has 116 valence electrons. The minimum absolute atomic E-state index is 0.149. The number of methoxy groups -OCH3 is 2. The largest absolute Gasteiger partial charge is 0.504 e. The number of amides is 2. The fourth-order valence-corrected chi connectivity index (χ4v) is 1.73. The third-order valence-corrected chi connectivity index (χ3v) is 2.91. The molecule has 7 heteroatoms. The smallest absolute Gasteiger partial charge is 0.409 e. The molecule has 0 saturated heterocycles. The molecule has 0 aliphatic carbocycles. The number of aromatic hydroxyl groups is 1. The van der Waals surface area contributed by atoms with E-state index in [-0.39, 0.29) is 17.1 Å². The highest BCUT2D eigenvalue weighted by Gasteiger charge is 2.14. The zero-order valence-corrected chi connectivity index (χ0v) is 12.4. The Bertz CT molecular complexity index is 504. The average molecular weight is 296 g/mol. The number of phenolic OH excluding ortho intramolecular Hbond substituents is 1. The first-order valence-electron chi connectivity index (χ1n) is 6.44. The van der Waals surface area contributed by atoms with Crippen molar-refractivity contribution in [3.05, 3.63) is 23.8 Å². The number of nitrogens with zero attached hydrogens (tertiary/aromatic N) is 1. The molecule has 2 N–H and O–H groups in total. The van der Waals surface area contributed by atoms with Gasteiger partial charge in [0.15, 0.2) is 11.5 Å². The van der Waals surface area contributed by atoms with Crippen LogP contribution in [0.1, 0.15) is 16.8 Å². The van der Waals surface area contributed by atoms with Gasteiger partial charge in [0.25, 0.3) is 5.91 Å². The van der Waals surface area contributed by atoms with Crippen LogP contribution < -0.4 is 10.1 Å². The minimum atomic E-state index is -0.424. The van der Waals surface area contributed by atoms with Crippen molar-refractivity contribution in [1.29, 1.82) is 0 Å². The Morgan fingerprint density at radius 2 is 2.05 bits per heavy atom. The number of carbonyl (C=O) groups excluding carboxylic acids is 2. The van der Waals surface area contributed by atoms with Crippen LogP contribution in [0.5, 0.6) is 11.5 Å². The van der Waals surface area contributed by atoms with Crippen LogP contribution in [-0.2, 0) is 4.74 Å². The normalized spacial score (nSPS) is 9.86. The summed E-state index contributed by atoms with van der Waals surface area (Å²) in [5.41, 5.74) is 0.149. The van der Waals surface area contributed by atoms with E-state index in [0.29, 0.717) is 19.5 Å². The first-order valence-corrected chi connectivity index (χ1v) is 6.44. The molecule has 0 fully saturated rings. The number of benzene rings is 1. The Labute approximate surface area is 123 Å². The van der Waals surface area contributed by atoms with Gasteiger partial charge in [-0.1, -0.05) is 6.07 Å². The van der Waals surface area contributed by atoms with Gasteiger partial charge in [-0.3, -0.25) is 4.79 Å². The molecule has 0 bridgehead atoms. The predicted molar refractivity (Wildman–Crippen MR) is 76.6 cm³/mol. The number of hydrogen-bond acceptors (Lipinski definition) is 5. The summed E-state index contributed by atoms with van der Waals surface area (Å²) in [6, 6.07) is 4.70. The van der Waals surface area contributed by atoms with Crippen LogP contribution in [0.3, 0.4) is 0 Å². The molecule has 0 saturated carbocycles. The minimum Gasteiger partial charge on any atom is -0.504 e. The molecule has 0 aliphatic rings. The molecule has 21 heavy (non-hydrogen) atoms. The van der Waals surface area contributed by atoms with E-state index in [1.807, 2.05) is 0 Å². The Hall–Kier alpha value is -2.44. The quantitative estimate of drug-likeness (QED) is 0.771. The summed E-state index contributed by atoms with van der Waals surface area (Å²) in [5, 5.41) is 12.5. The SMILES string of the molecule is COC(=O)N(C)CCCNC(=O)c1cccc(OC)c1O. The lowest BCUT2D eigenvalue weighted by atomic mass is 10.1. The molecule has 0 aromatic heterocycles. The summed E-state index contributed by atoms with van der Waals surface area (Å²) >= 11 is 0. The zero-order valence-electron chi connectivity index (χ0n) is 12.4. The number of carbonyl (C=O) groups is 2. The molecule has 1 aromatic rings. The first-order chi connectivity index (χ1) is 10.0. The Balaban J connectivity index is 2.46. The van der Waals surface area contributed by atoms with Gasteiger partial charge < -0.3 is 24.8 Å². The third kappa shape index (κ3) is 4.55. The van der Waals surface area contributed by atoms with E-state index in [4.69, 9.17) is 4.74 Å². The molecule has 2 amide bonds. The maximum absolute atomic E-state index is 11.9. The van der Waals surface area contributed by atoms with Gasteiger partial charge in [0.2, 0.25) is 0 Å².